The number of aromatic nitrogens is 2. The zero-order chi connectivity index (χ0) is 40.6. The summed E-state index contributed by atoms with van der Waals surface area (Å²) in [6.45, 7) is 2.94. The number of nitrogens with two attached hydrogens (primary N) is 1. The normalized spacial score (nSPS) is 23.4. The Balaban J connectivity index is 0.000000152. The van der Waals surface area contributed by atoms with E-state index in [1.165, 1.54) is 18.3 Å². The summed E-state index contributed by atoms with van der Waals surface area (Å²) in [4.78, 5) is 56.9. The Morgan fingerprint density at radius 1 is 0.828 bits per heavy atom. The van der Waals surface area contributed by atoms with Crippen LogP contribution in [0.2, 0.25) is 0 Å². The monoisotopic (exact) mass is 796 g/mol. The van der Waals surface area contributed by atoms with Crippen LogP contribution in [-0.2, 0) is 17.6 Å². The van der Waals surface area contributed by atoms with Crippen molar-refractivity contribution in [3.8, 4) is 0 Å². The molecule has 2 aromatic carbocycles. The second kappa shape index (κ2) is 14.7. The van der Waals surface area contributed by atoms with Gasteiger partial charge >= 0.3 is 11.9 Å². The van der Waals surface area contributed by atoms with Crippen LogP contribution in [0.1, 0.15) is 115 Å². The summed E-state index contributed by atoms with van der Waals surface area (Å²) in [5, 5.41) is 13.7. The number of carbonyl (C=O) groups excluding carboxylic acids is 1. The summed E-state index contributed by atoms with van der Waals surface area (Å²) < 4.78 is 39.7. The van der Waals surface area contributed by atoms with E-state index in [2.05, 4.69) is 14.9 Å². The van der Waals surface area contributed by atoms with Gasteiger partial charge in [-0.2, -0.15) is 0 Å². The molecule has 0 spiro atoms. The maximum Gasteiger partial charge on any atom is 0.343 e. The molecular weight excluding hydrogens is 751 g/mol. The van der Waals surface area contributed by atoms with Gasteiger partial charge in [0.15, 0.2) is 0 Å². The van der Waals surface area contributed by atoms with E-state index in [1.54, 1.807) is 13.1 Å². The minimum absolute atomic E-state index is 0.0241. The second-order valence-corrected chi connectivity index (χ2v) is 16.7. The number of hydrogen-bond acceptors (Lipinski definition) is 9. The summed E-state index contributed by atoms with van der Waals surface area (Å²) in [5.41, 5.74) is 17.7. The fraction of sp³-hybridized carbons (Fsp3) is 0.524. The maximum absolute atomic E-state index is 15.5. The van der Waals surface area contributed by atoms with Crippen molar-refractivity contribution in [2.45, 2.75) is 120 Å². The fourth-order valence-electron chi connectivity index (χ4n) is 10.1. The Morgan fingerprint density at radius 2 is 1.34 bits per heavy atom. The molecule has 6 heterocycles. The van der Waals surface area contributed by atoms with Crippen molar-refractivity contribution in [2.24, 2.45) is 10.8 Å². The van der Waals surface area contributed by atoms with Crippen molar-refractivity contribution in [3.63, 3.8) is 0 Å². The summed E-state index contributed by atoms with van der Waals surface area (Å²) in [7, 11) is 0. The standard InChI is InChI=1S/C22H24FN5O3.C20H22FN3O3/c1-2-31-22(30)17-11-28(13-6-7-13)19-15-5-3-4-14-8-12(25-26-24)10-27(14)20(15)18(23)9-16(19)21(17)29;21-16-7-14-17(24(11-4-5-11)9-15(19(14)25)20(26)27)13-3-1-2-12-6-10(22)8-23(12)18(13)16/h9,11-14H,2-8,10H2,1H3;7,9-12H,1-6,8,22H2,(H,26,27)/t12-,14+;10-,12+/m00/s1. The van der Waals surface area contributed by atoms with Gasteiger partial charge in [0, 0.05) is 82.5 Å². The van der Waals surface area contributed by atoms with Gasteiger partial charge < -0.3 is 34.5 Å². The molecule has 6 aliphatic rings. The van der Waals surface area contributed by atoms with Gasteiger partial charge in [0.25, 0.3) is 0 Å². The van der Waals surface area contributed by atoms with Crippen molar-refractivity contribution in [1.29, 1.82) is 0 Å². The molecule has 304 valence electrons. The first-order valence-corrected chi connectivity index (χ1v) is 20.5. The number of pyridine rings is 2. The molecule has 2 aliphatic carbocycles. The number of hydrogen-bond donors (Lipinski definition) is 2. The summed E-state index contributed by atoms with van der Waals surface area (Å²) in [6.07, 6.45) is 13.4. The lowest BCUT2D eigenvalue weighted by Gasteiger charge is -2.28. The molecule has 0 bridgehead atoms. The summed E-state index contributed by atoms with van der Waals surface area (Å²) >= 11 is 0. The Hall–Kier alpha value is -5.47. The molecular formula is C42H46F2N8O6. The maximum atomic E-state index is 15.5. The lowest BCUT2D eigenvalue weighted by atomic mass is 9.99. The molecule has 4 atom stereocenters. The number of aromatic carboxylic acids is 1. The smallest absolute Gasteiger partial charge is 0.343 e. The van der Waals surface area contributed by atoms with E-state index in [4.69, 9.17) is 16.0 Å². The molecule has 0 radical (unpaired) electrons. The van der Waals surface area contributed by atoms with Gasteiger partial charge in [0.1, 0.15) is 22.8 Å². The van der Waals surface area contributed by atoms with E-state index in [0.717, 1.165) is 74.4 Å². The predicted octanol–water partition coefficient (Wildman–Crippen LogP) is 6.66. The van der Waals surface area contributed by atoms with E-state index in [-0.39, 0.29) is 64.8 Å². The average molecular weight is 797 g/mol. The molecule has 0 unspecified atom stereocenters. The van der Waals surface area contributed by atoms with Crippen LogP contribution in [-0.4, -0.2) is 70.0 Å². The van der Waals surface area contributed by atoms with Crippen molar-refractivity contribution in [2.75, 3.05) is 29.5 Å². The number of aryl methyl sites for hydroxylation is 2. The molecule has 4 aromatic rings. The minimum Gasteiger partial charge on any atom is -0.477 e. The van der Waals surface area contributed by atoms with Crippen LogP contribution in [0, 0.1) is 11.6 Å². The Bertz CT molecular complexity index is 2560. The highest BCUT2D eigenvalue weighted by molar-refractivity contribution is 5.97. The Morgan fingerprint density at radius 3 is 1.86 bits per heavy atom. The zero-order valence-corrected chi connectivity index (χ0v) is 32.3. The van der Waals surface area contributed by atoms with Gasteiger partial charge in [-0.05, 0) is 102 Å². The molecule has 14 nitrogen and oxygen atoms in total. The Kier molecular flexibility index (Phi) is 9.66. The number of ether oxygens (including phenoxy) is 1. The number of nitrogens with zero attached hydrogens (tertiary/aromatic N) is 7. The van der Waals surface area contributed by atoms with E-state index in [9.17, 15) is 24.3 Å². The lowest BCUT2D eigenvalue weighted by Crippen LogP contribution is -2.31. The van der Waals surface area contributed by atoms with Crippen LogP contribution in [0.25, 0.3) is 32.2 Å². The first kappa shape index (κ1) is 38.1. The molecule has 10 rings (SSSR count). The first-order valence-electron chi connectivity index (χ1n) is 20.5. The number of benzene rings is 2. The van der Waals surface area contributed by atoms with E-state index in [0.29, 0.717) is 49.2 Å². The lowest BCUT2D eigenvalue weighted by molar-refractivity contribution is 0.0523. The van der Waals surface area contributed by atoms with Crippen molar-refractivity contribution >= 4 is 45.1 Å². The molecule has 0 amide bonds. The van der Waals surface area contributed by atoms with Crippen molar-refractivity contribution < 1.29 is 28.2 Å². The predicted molar refractivity (Wildman–Crippen MR) is 214 cm³/mol. The highest BCUT2D eigenvalue weighted by Crippen LogP contribution is 2.45. The number of rotatable bonds is 6. The van der Waals surface area contributed by atoms with E-state index in [1.807, 2.05) is 14.0 Å². The third-order valence-electron chi connectivity index (χ3n) is 12.8. The SMILES string of the molecule is CCOC(=O)c1cn(C2CC2)c2c3c(c(F)cc2c1=O)N1C[C@@H](N=[N+]=[N-])C[C@H]1CCC3.N[C@H]1C[C@H]2CCCc3c(c(F)cc4c(=O)c(C(=O)O)cn(C5CC5)c34)N2C1. The van der Waals surface area contributed by atoms with E-state index >= 15 is 8.78 Å². The summed E-state index contributed by atoms with van der Waals surface area (Å²) in [6, 6.07) is 3.08. The van der Waals surface area contributed by atoms with Crippen LogP contribution in [0.3, 0.4) is 0 Å². The Labute approximate surface area is 331 Å². The quantitative estimate of drug-likeness (QED) is 0.0930. The number of carbonyl (C=O) groups is 2. The molecule has 2 saturated carbocycles. The van der Waals surface area contributed by atoms with Gasteiger partial charge in [0.2, 0.25) is 10.9 Å². The second-order valence-electron chi connectivity index (χ2n) is 16.7. The van der Waals surface area contributed by atoms with Crippen LogP contribution in [0.5, 0.6) is 0 Å². The molecule has 58 heavy (non-hydrogen) atoms. The molecule has 16 heteroatoms. The largest absolute Gasteiger partial charge is 0.477 e. The topological polar surface area (TPSA) is 189 Å². The van der Waals surface area contributed by atoms with Crippen LogP contribution >= 0.6 is 0 Å². The molecule has 2 aromatic heterocycles. The highest BCUT2D eigenvalue weighted by atomic mass is 19.1. The summed E-state index contributed by atoms with van der Waals surface area (Å²) in [5.74, 6) is -2.84. The number of esters is 1. The number of fused-ring (bicyclic) bond motifs is 10. The average Bonchev–Trinajstić information content (AvgIpc) is 4.12. The van der Waals surface area contributed by atoms with Gasteiger partial charge in [-0.1, -0.05) is 5.11 Å². The minimum atomic E-state index is -1.27. The van der Waals surface area contributed by atoms with Gasteiger partial charge in [-0.25, -0.2) is 18.4 Å². The molecule has 4 fully saturated rings. The van der Waals surface area contributed by atoms with Gasteiger partial charge in [0.05, 0.1) is 35.1 Å². The zero-order valence-electron chi connectivity index (χ0n) is 32.3. The van der Waals surface area contributed by atoms with Gasteiger partial charge in [-0.3, -0.25) is 9.59 Å². The third-order valence-corrected chi connectivity index (χ3v) is 12.8. The van der Waals surface area contributed by atoms with Crippen molar-refractivity contribution in [3.05, 3.63) is 89.3 Å². The van der Waals surface area contributed by atoms with Crippen molar-refractivity contribution in [1.82, 2.24) is 9.13 Å². The number of carboxylic acid groups (broad SMARTS) is 1. The van der Waals surface area contributed by atoms with Crippen LogP contribution < -0.4 is 26.4 Å². The molecule has 3 N–H and O–H groups in total. The molecule has 2 saturated heterocycles. The first-order chi connectivity index (χ1) is 28.0. The van der Waals surface area contributed by atoms with E-state index < -0.39 is 34.4 Å². The van der Waals surface area contributed by atoms with Crippen LogP contribution in [0.4, 0.5) is 20.2 Å². The third kappa shape index (κ3) is 6.46. The number of anilines is 2. The number of carboxylic acids is 1. The van der Waals surface area contributed by atoms with Gasteiger partial charge in [-0.15, -0.1) is 0 Å². The highest BCUT2D eigenvalue weighted by Gasteiger charge is 2.40. The fourth-order valence-corrected chi connectivity index (χ4v) is 10.1. The number of azide groups is 1. The molecule has 4 aliphatic heterocycles. The number of halogens is 2. The van der Waals surface area contributed by atoms with Crippen LogP contribution in [0.15, 0.2) is 39.2 Å².